The van der Waals surface area contributed by atoms with Gasteiger partial charge >= 0.3 is 39.5 Å². The summed E-state index contributed by atoms with van der Waals surface area (Å²) < 4.78 is 68.3. The van der Waals surface area contributed by atoms with E-state index in [4.69, 9.17) is 37.0 Å². The summed E-state index contributed by atoms with van der Waals surface area (Å²) in [5, 5.41) is 10.6. The second-order valence-electron chi connectivity index (χ2n) is 26.1. The third-order valence-corrected chi connectivity index (χ3v) is 19.1. The molecule has 7 atom stereocenters. The fraction of sp³-hybridized carbons (Fsp3) is 0.944. The summed E-state index contributed by atoms with van der Waals surface area (Å²) in [6.07, 6.45) is 48.3. The van der Waals surface area contributed by atoms with Gasteiger partial charge in [-0.25, -0.2) is 9.13 Å². The number of aliphatic hydroxyl groups is 1. The maximum absolute atomic E-state index is 13.0. The summed E-state index contributed by atoms with van der Waals surface area (Å²) in [6, 6.07) is 0. The minimum Gasteiger partial charge on any atom is -0.462 e. The SMILES string of the molecule is CCCCCCCCCCCCCCCCC(=O)O[C@H](COC(=O)CCCCCCCCCC)COP(=O)(O)OC[C@H](O)COP(=O)(O)OC[C@@H](COC(=O)CCCCCCCCCCCCC(C)CC)OC(=O)CCCCCCCCCCCCC(C)CC. The Hall–Kier alpha value is -1.94. The maximum atomic E-state index is 13.0. The van der Waals surface area contributed by atoms with Gasteiger partial charge in [-0.3, -0.25) is 37.3 Å². The molecule has 0 aromatic carbocycles. The van der Waals surface area contributed by atoms with Crippen LogP contribution < -0.4 is 0 Å². The van der Waals surface area contributed by atoms with Gasteiger partial charge in [0.15, 0.2) is 12.2 Å². The summed E-state index contributed by atoms with van der Waals surface area (Å²) in [4.78, 5) is 72.5. The molecule has 0 rings (SSSR count). The molecule has 0 aromatic rings. The standard InChI is InChI=1S/C71H138O17P2/c1-7-11-13-15-17-19-20-21-22-23-31-37-43-49-55-70(75)87-66(59-81-68(73)53-47-41-35-18-16-14-12-8-2)61-85-89(77,78)83-57-65(72)58-84-90(79,80)86-62-67(88-71(76)56-50-44-38-32-27-25-29-34-40-46-52-64(6)10-4)60-82-69(74)54-48-42-36-30-26-24-28-33-39-45-51-63(5)9-3/h63-67,72H,7-62H2,1-6H3,(H,77,78)(H,79,80)/t63?,64?,65-,66+,67+/m0/s1. The van der Waals surface area contributed by atoms with Gasteiger partial charge in [-0.1, -0.05) is 311 Å². The van der Waals surface area contributed by atoms with Crippen molar-refractivity contribution in [3.8, 4) is 0 Å². The van der Waals surface area contributed by atoms with Crippen LogP contribution in [0.3, 0.4) is 0 Å². The second kappa shape index (κ2) is 63.1. The number of carbonyl (C=O) groups is 4. The number of ether oxygens (including phenoxy) is 4. The van der Waals surface area contributed by atoms with E-state index in [2.05, 4.69) is 41.5 Å². The molecule has 534 valence electrons. The monoisotopic (exact) mass is 1320 g/mol. The smallest absolute Gasteiger partial charge is 0.462 e. The van der Waals surface area contributed by atoms with Crippen LogP contribution in [0.25, 0.3) is 0 Å². The van der Waals surface area contributed by atoms with Crippen molar-refractivity contribution >= 4 is 39.5 Å². The number of hydrogen-bond donors (Lipinski definition) is 3. The normalized spacial score (nSPS) is 14.7. The first-order valence-corrected chi connectivity index (χ1v) is 40.1. The lowest BCUT2D eigenvalue weighted by atomic mass is 9.99. The van der Waals surface area contributed by atoms with Crippen LogP contribution in [0.2, 0.25) is 0 Å². The van der Waals surface area contributed by atoms with E-state index in [1.54, 1.807) is 0 Å². The number of aliphatic hydroxyl groups excluding tert-OH is 1. The lowest BCUT2D eigenvalue weighted by Crippen LogP contribution is -2.30. The lowest BCUT2D eigenvalue weighted by molar-refractivity contribution is -0.161. The second-order valence-corrected chi connectivity index (χ2v) is 29.0. The summed E-state index contributed by atoms with van der Waals surface area (Å²) in [7, 11) is -9.90. The Bertz CT molecular complexity index is 1760. The first kappa shape index (κ1) is 88.1. The van der Waals surface area contributed by atoms with Crippen molar-refractivity contribution in [2.24, 2.45) is 11.8 Å². The average Bonchev–Trinajstić information content (AvgIpc) is 3.24. The van der Waals surface area contributed by atoms with Crippen LogP contribution >= 0.6 is 15.6 Å². The van der Waals surface area contributed by atoms with Crippen LogP contribution in [0, 0.1) is 11.8 Å². The van der Waals surface area contributed by atoms with E-state index in [-0.39, 0.29) is 25.7 Å². The van der Waals surface area contributed by atoms with Gasteiger partial charge in [-0.15, -0.1) is 0 Å². The topological polar surface area (TPSA) is 237 Å². The highest BCUT2D eigenvalue weighted by Crippen LogP contribution is 2.45. The van der Waals surface area contributed by atoms with Crippen molar-refractivity contribution in [3.63, 3.8) is 0 Å². The van der Waals surface area contributed by atoms with Crippen LogP contribution in [-0.4, -0.2) is 96.7 Å². The van der Waals surface area contributed by atoms with E-state index in [0.717, 1.165) is 108 Å². The Kier molecular flexibility index (Phi) is 61.8. The summed E-state index contributed by atoms with van der Waals surface area (Å²) >= 11 is 0. The van der Waals surface area contributed by atoms with Crippen molar-refractivity contribution in [2.45, 2.75) is 381 Å². The van der Waals surface area contributed by atoms with Gasteiger partial charge in [-0.2, -0.15) is 0 Å². The molecular weight excluding hydrogens is 1190 g/mol. The first-order chi connectivity index (χ1) is 43.4. The molecule has 0 saturated carbocycles. The Morgan fingerprint density at radius 2 is 0.533 bits per heavy atom. The van der Waals surface area contributed by atoms with Gasteiger partial charge in [0.2, 0.25) is 0 Å². The Labute approximate surface area is 549 Å². The average molecular weight is 1330 g/mol. The highest BCUT2D eigenvalue weighted by molar-refractivity contribution is 7.47. The molecule has 0 aliphatic rings. The number of unbranched alkanes of at least 4 members (excludes halogenated alkanes) is 38. The zero-order valence-electron chi connectivity index (χ0n) is 58.4. The molecular formula is C71H138O17P2. The third-order valence-electron chi connectivity index (χ3n) is 17.2. The van der Waals surface area contributed by atoms with Crippen LogP contribution in [0.5, 0.6) is 0 Å². The fourth-order valence-electron chi connectivity index (χ4n) is 10.7. The predicted molar refractivity (Wildman–Crippen MR) is 363 cm³/mol. The van der Waals surface area contributed by atoms with Gasteiger partial charge < -0.3 is 33.8 Å². The lowest BCUT2D eigenvalue weighted by Gasteiger charge is -2.21. The minimum absolute atomic E-state index is 0.106. The van der Waals surface area contributed by atoms with E-state index >= 15 is 0 Å². The van der Waals surface area contributed by atoms with Crippen molar-refractivity contribution in [1.29, 1.82) is 0 Å². The van der Waals surface area contributed by atoms with Crippen LogP contribution in [0.15, 0.2) is 0 Å². The fourth-order valence-corrected chi connectivity index (χ4v) is 12.3. The maximum Gasteiger partial charge on any atom is 0.472 e. The first-order valence-electron chi connectivity index (χ1n) is 37.1. The van der Waals surface area contributed by atoms with E-state index in [1.807, 2.05) is 0 Å². The molecule has 17 nitrogen and oxygen atoms in total. The van der Waals surface area contributed by atoms with Crippen LogP contribution in [0.1, 0.15) is 363 Å². The molecule has 0 aromatic heterocycles. The summed E-state index contributed by atoms with van der Waals surface area (Å²) in [6.45, 7) is 9.59. The molecule has 0 aliphatic heterocycles. The Morgan fingerprint density at radius 3 is 0.789 bits per heavy atom. The number of hydrogen-bond acceptors (Lipinski definition) is 15. The van der Waals surface area contributed by atoms with Crippen LogP contribution in [-0.2, 0) is 65.4 Å². The largest absolute Gasteiger partial charge is 0.472 e. The van der Waals surface area contributed by atoms with E-state index in [9.17, 15) is 43.2 Å². The molecule has 3 N–H and O–H groups in total. The molecule has 0 saturated heterocycles. The molecule has 0 heterocycles. The molecule has 0 bridgehead atoms. The number of carbonyl (C=O) groups excluding carboxylic acids is 4. The molecule has 19 heteroatoms. The number of phosphoric acid groups is 2. The molecule has 90 heavy (non-hydrogen) atoms. The van der Waals surface area contributed by atoms with E-state index < -0.39 is 97.5 Å². The highest BCUT2D eigenvalue weighted by atomic mass is 31.2. The van der Waals surface area contributed by atoms with Crippen molar-refractivity contribution in [2.75, 3.05) is 39.6 Å². The highest BCUT2D eigenvalue weighted by Gasteiger charge is 2.30. The Balaban J connectivity index is 5.24. The minimum atomic E-state index is -4.95. The van der Waals surface area contributed by atoms with Crippen molar-refractivity contribution < 1.29 is 80.2 Å². The number of rotatable bonds is 70. The third kappa shape index (κ3) is 62.2. The molecule has 0 amide bonds. The van der Waals surface area contributed by atoms with Crippen LogP contribution in [0.4, 0.5) is 0 Å². The molecule has 4 unspecified atom stereocenters. The van der Waals surface area contributed by atoms with Crippen molar-refractivity contribution in [1.82, 2.24) is 0 Å². The number of esters is 4. The summed E-state index contributed by atoms with van der Waals surface area (Å²) in [5.41, 5.74) is 0. The van der Waals surface area contributed by atoms with Crippen molar-refractivity contribution in [3.05, 3.63) is 0 Å². The molecule has 0 aliphatic carbocycles. The van der Waals surface area contributed by atoms with Gasteiger partial charge in [0.05, 0.1) is 26.4 Å². The predicted octanol–water partition coefficient (Wildman–Crippen LogP) is 20.4. The molecule has 0 fully saturated rings. The summed E-state index contributed by atoms with van der Waals surface area (Å²) in [5.74, 6) is -0.511. The quantitative estimate of drug-likeness (QED) is 0.0222. The zero-order valence-corrected chi connectivity index (χ0v) is 60.2. The van der Waals surface area contributed by atoms with Gasteiger partial charge in [0.25, 0.3) is 0 Å². The van der Waals surface area contributed by atoms with E-state index in [0.29, 0.717) is 25.7 Å². The Morgan fingerprint density at radius 1 is 0.311 bits per heavy atom. The van der Waals surface area contributed by atoms with Gasteiger partial charge in [0.1, 0.15) is 19.3 Å². The van der Waals surface area contributed by atoms with Gasteiger partial charge in [0, 0.05) is 25.7 Å². The van der Waals surface area contributed by atoms with E-state index in [1.165, 1.54) is 173 Å². The zero-order chi connectivity index (χ0) is 66.5. The molecule has 0 spiro atoms. The molecule has 0 radical (unpaired) electrons. The number of phosphoric ester groups is 2. The van der Waals surface area contributed by atoms with Gasteiger partial charge in [-0.05, 0) is 37.5 Å².